The second kappa shape index (κ2) is 2.12. The van der Waals surface area contributed by atoms with E-state index >= 15 is 0 Å². The van der Waals surface area contributed by atoms with E-state index < -0.39 is 0 Å². The van der Waals surface area contributed by atoms with Crippen LogP contribution in [0.3, 0.4) is 0 Å². The van der Waals surface area contributed by atoms with Gasteiger partial charge in [0.1, 0.15) is 0 Å². The summed E-state index contributed by atoms with van der Waals surface area (Å²) in [7, 11) is 0. The van der Waals surface area contributed by atoms with Crippen LogP contribution in [-0.4, -0.2) is 0 Å². The van der Waals surface area contributed by atoms with E-state index in [9.17, 15) is 0 Å². The first-order valence-electron chi connectivity index (χ1n) is 5.13. The summed E-state index contributed by atoms with van der Waals surface area (Å²) in [4.78, 5) is 0. The highest BCUT2D eigenvalue weighted by Gasteiger charge is 2.44. The maximum Gasteiger partial charge on any atom is -0.0196 e. The van der Waals surface area contributed by atoms with E-state index in [0.717, 1.165) is 23.7 Å². The highest BCUT2D eigenvalue weighted by atomic mass is 14.5. The minimum Gasteiger partial charge on any atom is -0.0848 e. The molecule has 3 aliphatic carbocycles. The van der Waals surface area contributed by atoms with Crippen LogP contribution < -0.4 is 0 Å². The highest BCUT2D eigenvalue weighted by Crippen LogP contribution is 2.53. The zero-order valence-corrected chi connectivity index (χ0v) is 7.00. The quantitative estimate of drug-likeness (QED) is 0.463. The monoisotopic (exact) mass is 148 g/mol. The average molecular weight is 148 g/mol. The van der Waals surface area contributed by atoms with Crippen molar-refractivity contribution in [3.63, 3.8) is 0 Å². The van der Waals surface area contributed by atoms with Gasteiger partial charge in [0.2, 0.25) is 0 Å². The summed E-state index contributed by atoms with van der Waals surface area (Å²) >= 11 is 0. The lowest BCUT2D eigenvalue weighted by atomic mass is 9.73. The topological polar surface area (TPSA) is 0 Å². The molecule has 2 bridgehead atoms. The zero-order chi connectivity index (χ0) is 7.26. The van der Waals surface area contributed by atoms with Gasteiger partial charge in [-0.25, -0.2) is 0 Å². The lowest BCUT2D eigenvalue weighted by Gasteiger charge is -2.32. The molecule has 0 aromatic heterocycles. The van der Waals surface area contributed by atoms with Crippen LogP contribution in [-0.2, 0) is 0 Å². The van der Waals surface area contributed by atoms with Gasteiger partial charge >= 0.3 is 0 Å². The van der Waals surface area contributed by atoms with E-state index in [1.54, 1.807) is 0 Å². The fourth-order valence-corrected chi connectivity index (χ4v) is 3.64. The van der Waals surface area contributed by atoms with Gasteiger partial charge in [-0.15, -0.1) is 0 Å². The van der Waals surface area contributed by atoms with Crippen LogP contribution in [0.4, 0.5) is 0 Å². The van der Waals surface area contributed by atoms with Crippen molar-refractivity contribution < 1.29 is 0 Å². The molecule has 3 aliphatic rings. The fourth-order valence-electron chi connectivity index (χ4n) is 3.64. The Morgan fingerprint density at radius 1 is 0.818 bits per heavy atom. The van der Waals surface area contributed by atoms with Crippen LogP contribution in [0.15, 0.2) is 12.2 Å². The zero-order valence-electron chi connectivity index (χ0n) is 7.00. The molecule has 0 aromatic carbocycles. The molecule has 0 heteroatoms. The Morgan fingerprint density at radius 3 is 1.91 bits per heavy atom. The SMILES string of the molecule is C1=C[C@H]2C[C@@H]1[C@H]1CCCC[C@H]12. The van der Waals surface area contributed by atoms with Crippen molar-refractivity contribution in [2.45, 2.75) is 32.1 Å². The average Bonchev–Trinajstić information content (AvgIpc) is 2.64. The summed E-state index contributed by atoms with van der Waals surface area (Å²) in [5.74, 6) is 4.23. The van der Waals surface area contributed by atoms with Gasteiger partial charge in [-0.05, 0) is 42.9 Å². The molecular weight excluding hydrogens is 132 g/mol. The van der Waals surface area contributed by atoms with Crippen LogP contribution in [0.1, 0.15) is 32.1 Å². The van der Waals surface area contributed by atoms with E-state index in [1.807, 2.05) is 0 Å². The Kier molecular flexibility index (Phi) is 1.21. The molecule has 0 saturated heterocycles. The molecule has 0 radical (unpaired) electrons. The van der Waals surface area contributed by atoms with Crippen LogP contribution in [0.5, 0.6) is 0 Å². The molecule has 0 amide bonds. The Hall–Kier alpha value is -0.260. The van der Waals surface area contributed by atoms with Crippen molar-refractivity contribution in [2.24, 2.45) is 23.7 Å². The van der Waals surface area contributed by atoms with Crippen LogP contribution >= 0.6 is 0 Å². The van der Waals surface area contributed by atoms with Gasteiger partial charge in [0.05, 0.1) is 0 Å². The Bertz CT molecular complexity index is 172. The van der Waals surface area contributed by atoms with Gasteiger partial charge in [-0.3, -0.25) is 0 Å². The number of allylic oxidation sites excluding steroid dienone is 2. The number of rotatable bonds is 0. The molecular formula is C11H16. The molecule has 2 saturated carbocycles. The van der Waals surface area contributed by atoms with E-state index in [0.29, 0.717) is 0 Å². The molecule has 60 valence electrons. The summed E-state index contributed by atoms with van der Waals surface area (Å²) in [6, 6.07) is 0. The smallest absolute Gasteiger partial charge is 0.0196 e. The standard InChI is InChI=1S/C11H16/c1-2-4-11-9-6-5-8(7-9)10(11)3-1/h5-6,8-11H,1-4,7H2/t8-,9+,10-,11+. The first-order valence-corrected chi connectivity index (χ1v) is 5.13. The van der Waals surface area contributed by atoms with Gasteiger partial charge in [-0.1, -0.05) is 25.0 Å². The fraction of sp³-hybridized carbons (Fsp3) is 0.818. The Morgan fingerprint density at radius 2 is 1.36 bits per heavy atom. The van der Waals surface area contributed by atoms with Crippen molar-refractivity contribution in [2.75, 3.05) is 0 Å². The largest absolute Gasteiger partial charge is 0.0848 e. The Balaban J connectivity index is 1.90. The minimum absolute atomic E-state index is 1.00. The lowest BCUT2D eigenvalue weighted by molar-refractivity contribution is 0.221. The normalized spacial score (nSPS) is 53.1. The van der Waals surface area contributed by atoms with Gasteiger partial charge in [0.15, 0.2) is 0 Å². The van der Waals surface area contributed by atoms with E-state index in [-0.39, 0.29) is 0 Å². The summed E-state index contributed by atoms with van der Waals surface area (Å²) in [5, 5.41) is 0. The minimum atomic E-state index is 1.00. The van der Waals surface area contributed by atoms with Crippen molar-refractivity contribution >= 4 is 0 Å². The van der Waals surface area contributed by atoms with E-state index in [2.05, 4.69) is 12.2 Å². The van der Waals surface area contributed by atoms with Gasteiger partial charge < -0.3 is 0 Å². The second-order valence-electron chi connectivity index (χ2n) is 4.56. The summed E-state index contributed by atoms with van der Waals surface area (Å²) < 4.78 is 0. The first-order chi connectivity index (χ1) is 5.45. The molecule has 0 aliphatic heterocycles. The summed E-state index contributed by atoms with van der Waals surface area (Å²) in [6.07, 6.45) is 12.6. The summed E-state index contributed by atoms with van der Waals surface area (Å²) in [6.45, 7) is 0. The predicted molar refractivity (Wildman–Crippen MR) is 46.2 cm³/mol. The molecule has 0 nitrogen and oxygen atoms in total. The lowest BCUT2D eigenvalue weighted by Crippen LogP contribution is -2.22. The third-order valence-corrected chi connectivity index (χ3v) is 4.12. The van der Waals surface area contributed by atoms with E-state index in [4.69, 9.17) is 0 Å². The molecule has 3 rings (SSSR count). The molecule has 0 heterocycles. The number of hydrogen-bond donors (Lipinski definition) is 0. The number of hydrogen-bond acceptors (Lipinski definition) is 0. The van der Waals surface area contributed by atoms with Crippen LogP contribution in [0.2, 0.25) is 0 Å². The van der Waals surface area contributed by atoms with Gasteiger partial charge in [0, 0.05) is 0 Å². The summed E-state index contributed by atoms with van der Waals surface area (Å²) in [5.41, 5.74) is 0. The van der Waals surface area contributed by atoms with Gasteiger partial charge in [0.25, 0.3) is 0 Å². The van der Waals surface area contributed by atoms with Crippen molar-refractivity contribution in [3.8, 4) is 0 Å². The maximum absolute atomic E-state index is 2.50. The molecule has 2 fully saturated rings. The van der Waals surface area contributed by atoms with Crippen molar-refractivity contribution in [1.29, 1.82) is 0 Å². The van der Waals surface area contributed by atoms with Crippen LogP contribution in [0, 0.1) is 23.7 Å². The maximum atomic E-state index is 2.50. The highest BCUT2D eigenvalue weighted by molar-refractivity contribution is 5.13. The Labute approximate surface area is 68.7 Å². The molecule has 4 atom stereocenters. The molecule has 11 heavy (non-hydrogen) atoms. The molecule has 0 unspecified atom stereocenters. The third-order valence-electron chi connectivity index (χ3n) is 4.12. The molecule has 0 spiro atoms. The first kappa shape index (κ1) is 6.28. The predicted octanol–water partition coefficient (Wildman–Crippen LogP) is 3.00. The van der Waals surface area contributed by atoms with E-state index in [1.165, 1.54) is 32.1 Å². The molecule has 0 N–H and O–H groups in total. The third kappa shape index (κ3) is 0.758. The van der Waals surface area contributed by atoms with Crippen molar-refractivity contribution in [3.05, 3.63) is 12.2 Å². The van der Waals surface area contributed by atoms with Crippen molar-refractivity contribution in [1.82, 2.24) is 0 Å². The molecule has 0 aromatic rings. The van der Waals surface area contributed by atoms with Gasteiger partial charge in [-0.2, -0.15) is 0 Å². The number of fused-ring (bicyclic) bond motifs is 5. The van der Waals surface area contributed by atoms with Crippen LogP contribution in [0.25, 0.3) is 0 Å². The second-order valence-corrected chi connectivity index (χ2v) is 4.56.